The monoisotopic (exact) mass is 364 g/mol. The topological polar surface area (TPSA) is 56.7 Å². The molecule has 0 aliphatic carbocycles. The molecule has 25 heavy (non-hydrogen) atoms. The fraction of sp³-hybridized carbons (Fsp3) is 0.579. The van der Waals surface area contributed by atoms with Gasteiger partial charge in [0.1, 0.15) is 0 Å². The van der Waals surface area contributed by atoms with Crippen LogP contribution in [-0.2, 0) is 4.79 Å². The number of nitrogens with zero attached hydrogens (tertiary/aromatic N) is 2. The van der Waals surface area contributed by atoms with E-state index in [0.29, 0.717) is 18.2 Å². The largest absolute Gasteiger partial charge is 0.357 e. The average Bonchev–Trinajstić information content (AvgIpc) is 2.61. The summed E-state index contributed by atoms with van der Waals surface area (Å²) in [6.45, 7) is 11.9. The number of nitrogens with one attached hydrogen (secondary N) is 2. The van der Waals surface area contributed by atoms with Crippen LogP contribution in [0.15, 0.2) is 40.2 Å². The lowest BCUT2D eigenvalue weighted by Crippen LogP contribution is -2.40. The van der Waals surface area contributed by atoms with E-state index in [1.807, 2.05) is 43.5 Å². The van der Waals surface area contributed by atoms with Crippen LogP contribution in [0.2, 0.25) is 0 Å². The molecule has 140 valence electrons. The predicted molar refractivity (Wildman–Crippen MR) is 108 cm³/mol. The molecule has 2 N–H and O–H groups in total. The summed E-state index contributed by atoms with van der Waals surface area (Å²) in [4.78, 5) is 19.8. The van der Waals surface area contributed by atoms with Gasteiger partial charge in [0.05, 0.1) is 6.54 Å². The number of hydrogen-bond acceptors (Lipinski definition) is 3. The van der Waals surface area contributed by atoms with E-state index in [-0.39, 0.29) is 5.91 Å². The van der Waals surface area contributed by atoms with Gasteiger partial charge in [0.2, 0.25) is 5.91 Å². The van der Waals surface area contributed by atoms with Gasteiger partial charge < -0.3 is 15.5 Å². The van der Waals surface area contributed by atoms with Gasteiger partial charge in [-0.1, -0.05) is 25.1 Å². The number of rotatable bonds is 10. The molecule has 1 aromatic carbocycles. The zero-order chi connectivity index (χ0) is 18.5. The lowest BCUT2D eigenvalue weighted by atomic mass is 10.3. The van der Waals surface area contributed by atoms with E-state index in [9.17, 15) is 4.79 Å². The van der Waals surface area contributed by atoms with Crippen LogP contribution in [0.3, 0.4) is 0 Å². The molecule has 5 nitrogen and oxygen atoms in total. The van der Waals surface area contributed by atoms with Crippen LogP contribution in [0.1, 0.15) is 34.1 Å². The number of carbonyl (C=O) groups excluding carboxylic acids is 1. The zero-order valence-corrected chi connectivity index (χ0v) is 16.7. The van der Waals surface area contributed by atoms with Crippen molar-refractivity contribution >= 4 is 23.6 Å². The van der Waals surface area contributed by atoms with Crippen LogP contribution < -0.4 is 10.6 Å². The van der Waals surface area contributed by atoms with Crippen LogP contribution in [0.4, 0.5) is 0 Å². The Morgan fingerprint density at radius 1 is 1.16 bits per heavy atom. The van der Waals surface area contributed by atoms with E-state index >= 15 is 0 Å². The Labute approximate surface area is 156 Å². The van der Waals surface area contributed by atoms with Gasteiger partial charge in [-0.05, 0) is 32.9 Å². The summed E-state index contributed by atoms with van der Waals surface area (Å²) in [6, 6.07) is 10.4. The van der Waals surface area contributed by atoms with Crippen molar-refractivity contribution in [2.24, 2.45) is 4.99 Å². The standard InChI is InChI=1S/C19H32N4OS/c1-5-20-19(21-14-13-18(24)23(6-2)7-3)22-15-16(4)25-17-11-9-8-10-12-17/h8-12,16H,5-7,13-15H2,1-4H3,(H2,20,21,22). The molecule has 1 atom stereocenters. The third-order valence-corrected chi connectivity index (χ3v) is 4.77. The molecule has 0 heterocycles. The Bertz CT molecular complexity index is 517. The summed E-state index contributed by atoms with van der Waals surface area (Å²) in [5.41, 5.74) is 0. The number of aliphatic imine (C=N–C) groups is 1. The molecule has 0 spiro atoms. The maximum Gasteiger partial charge on any atom is 0.224 e. The lowest BCUT2D eigenvalue weighted by Gasteiger charge is -2.19. The number of guanidine groups is 1. The summed E-state index contributed by atoms with van der Waals surface area (Å²) in [7, 11) is 0. The van der Waals surface area contributed by atoms with Crippen molar-refractivity contribution in [1.82, 2.24) is 15.5 Å². The molecular weight excluding hydrogens is 332 g/mol. The maximum absolute atomic E-state index is 12.0. The van der Waals surface area contributed by atoms with Crippen molar-refractivity contribution in [2.45, 2.75) is 44.3 Å². The second-order valence-corrected chi connectivity index (χ2v) is 7.22. The van der Waals surface area contributed by atoms with Gasteiger partial charge >= 0.3 is 0 Å². The Hall–Kier alpha value is -1.69. The first kappa shape index (κ1) is 21.4. The minimum Gasteiger partial charge on any atom is -0.357 e. The number of benzene rings is 1. The molecule has 1 amide bonds. The van der Waals surface area contributed by atoms with Crippen LogP contribution in [0.5, 0.6) is 0 Å². The molecule has 0 radical (unpaired) electrons. The van der Waals surface area contributed by atoms with Crippen molar-refractivity contribution in [1.29, 1.82) is 0 Å². The summed E-state index contributed by atoms with van der Waals surface area (Å²) in [5, 5.41) is 6.88. The number of amides is 1. The Balaban J connectivity index is 2.43. The molecule has 0 saturated carbocycles. The SMILES string of the molecule is CCNC(=NCC(C)Sc1ccccc1)NCCC(=O)N(CC)CC. The Morgan fingerprint density at radius 2 is 1.84 bits per heavy atom. The lowest BCUT2D eigenvalue weighted by molar-refractivity contribution is -0.130. The minimum atomic E-state index is 0.182. The first-order chi connectivity index (χ1) is 12.1. The quantitative estimate of drug-likeness (QED) is 0.381. The molecule has 0 fully saturated rings. The van der Waals surface area contributed by atoms with Crippen LogP contribution in [0.25, 0.3) is 0 Å². The van der Waals surface area contributed by atoms with Crippen molar-refractivity contribution in [3.63, 3.8) is 0 Å². The van der Waals surface area contributed by atoms with E-state index in [4.69, 9.17) is 0 Å². The van der Waals surface area contributed by atoms with E-state index in [1.54, 1.807) is 0 Å². The molecule has 0 aliphatic heterocycles. The van der Waals surface area contributed by atoms with E-state index < -0.39 is 0 Å². The molecule has 1 aromatic rings. The van der Waals surface area contributed by atoms with Gasteiger partial charge in [0.15, 0.2) is 5.96 Å². The highest BCUT2D eigenvalue weighted by Crippen LogP contribution is 2.22. The first-order valence-corrected chi connectivity index (χ1v) is 10.00. The normalized spacial score (nSPS) is 12.6. The van der Waals surface area contributed by atoms with Crippen LogP contribution >= 0.6 is 11.8 Å². The molecular formula is C19H32N4OS. The molecule has 1 unspecified atom stereocenters. The second-order valence-electron chi connectivity index (χ2n) is 5.70. The van der Waals surface area contributed by atoms with Crippen molar-refractivity contribution in [3.05, 3.63) is 30.3 Å². The Morgan fingerprint density at radius 3 is 2.44 bits per heavy atom. The highest BCUT2D eigenvalue weighted by Gasteiger charge is 2.09. The zero-order valence-electron chi connectivity index (χ0n) is 15.9. The third kappa shape index (κ3) is 8.82. The molecule has 0 aromatic heterocycles. The molecule has 0 bridgehead atoms. The van der Waals surface area contributed by atoms with E-state index in [0.717, 1.165) is 32.1 Å². The van der Waals surface area contributed by atoms with Gasteiger partial charge in [0, 0.05) is 42.7 Å². The van der Waals surface area contributed by atoms with E-state index in [2.05, 4.69) is 46.8 Å². The predicted octanol–water partition coefficient (Wildman–Crippen LogP) is 2.98. The fourth-order valence-corrected chi connectivity index (χ4v) is 3.28. The summed E-state index contributed by atoms with van der Waals surface area (Å²) in [5.74, 6) is 0.955. The van der Waals surface area contributed by atoms with Crippen LogP contribution in [0, 0.1) is 0 Å². The summed E-state index contributed by atoms with van der Waals surface area (Å²) < 4.78 is 0. The van der Waals surface area contributed by atoms with Crippen molar-refractivity contribution in [3.8, 4) is 0 Å². The van der Waals surface area contributed by atoms with Gasteiger partial charge in [-0.2, -0.15) is 0 Å². The number of carbonyl (C=O) groups is 1. The molecule has 0 aliphatic rings. The first-order valence-electron chi connectivity index (χ1n) is 9.12. The van der Waals surface area contributed by atoms with Crippen molar-refractivity contribution < 1.29 is 4.79 Å². The molecule has 1 rings (SSSR count). The average molecular weight is 365 g/mol. The summed E-state index contributed by atoms with van der Waals surface area (Å²) in [6.07, 6.45) is 0.487. The van der Waals surface area contributed by atoms with Gasteiger partial charge in [-0.15, -0.1) is 11.8 Å². The third-order valence-electron chi connectivity index (χ3n) is 3.68. The highest BCUT2D eigenvalue weighted by molar-refractivity contribution is 8.00. The number of thioether (sulfide) groups is 1. The summed E-state index contributed by atoms with van der Waals surface area (Å²) >= 11 is 1.82. The van der Waals surface area contributed by atoms with Crippen LogP contribution in [-0.4, -0.2) is 54.7 Å². The van der Waals surface area contributed by atoms with Gasteiger partial charge in [-0.25, -0.2) is 0 Å². The molecule has 6 heteroatoms. The highest BCUT2D eigenvalue weighted by atomic mass is 32.2. The minimum absolute atomic E-state index is 0.182. The Kier molecular flexibility index (Phi) is 10.8. The molecule has 0 saturated heterocycles. The van der Waals surface area contributed by atoms with Crippen molar-refractivity contribution in [2.75, 3.05) is 32.7 Å². The fourth-order valence-electron chi connectivity index (χ4n) is 2.35. The second kappa shape index (κ2) is 12.6. The number of hydrogen-bond donors (Lipinski definition) is 2. The van der Waals surface area contributed by atoms with Gasteiger partial charge in [-0.3, -0.25) is 9.79 Å². The maximum atomic E-state index is 12.0. The van der Waals surface area contributed by atoms with E-state index in [1.165, 1.54) is 4.90 Å². The smallest absolute Gasteiger partial charge is 0.224 e. The van der Waals surface area contributed by atoms with Gasteiger partial charge in [0.25, 0.3) is 0 Å².